The normalized spacial score (nSPS) is 22.2. The highest BCUT2D eigenvalue weighted by Crippen LogP contribution is 2.23. The highest BCUT2D eigenvalue weighted by atomic mass is 19.1. The summed E-state index contributed by atoms with van der Waals surface area (Å²) in [6.07, 6.45) is 1.70. The number of urea groups is 1. The van der Waals surface area contributed by atoms with Gasteiger partial charge in [-0.3, -0.25) is 14.5 Å². The van der Waals surface area contributed by atoms with Crippen molar-refractivity contribution in [1.29, 1.82) is 0 Å². The van der Waals surface area contributed by atoms with Crippen molar-refractivity contribution in [1.82, 2.24) is 15.1 Å². The van der Waals surface area contributed by atoms with Gasteiger partial charge in [0.25, 0.3) is 11.8 Å². The van der Waals surface area contributed by atoms with Crippen LogP contribution in [0.3, 0.4) is 0 Å². The van der Waals surface area contributed by atoms with Crippen molar-refractivity contribution < 1.29 is 27.6 Å². The summed E-state index contributed by atoms with van der Waals surface area (Å²) >= 11 is 0. The van der Waals surface area contributed by atoms with E-state index in [2.05, 4.69) is 10.6 Å². The fraction of sp³-hybridized carbons (Fsp3) is 0.400. The van der Waals surface area contributed by atoms with Crippen molar-refractivity contribution in [2.75, 3.05) is 18.4 Å². The van der Waals surface area contributed by atoms with Gasteiger partial charge in [0.2, 0.25) is 0 Å². The van der Waals surface area contributed by atoms with Crippen molar-refractivity contribution in [3.05, 3.63) is 65.5 Å². The van der Waals surface area contributed by atoms with Crippen LogP contribution in [-0.2, 0) is 4.79 Å². The number of anilines is 1. The average molecular weight is 504 g/mol. The Morgan fingerprint density at radius 3 is 2.19 bits per heavy atom. The molecule has 2 aromatic rings. The van der Waals surface area contributed by atoms with Crippen LogP contribution in [0.5, 0.6) is 0 Å². The Hall–Kier alpha value is -3.60. The highest BCUT2D eigenvalue weighted by molar-refractivity contribution is 6.00. The standard InChI is InChI=1S/C25H28F3N5O3/c26-16-3-1-4-21(14-16)31-25(36)33-10-2-9-32(24(35)15-11-17(27)13-18(28)12-15)23(33)22(34)30-20-7-5-19(29)6-8-20/h1,3-4,11-14,19-20,23H,2,5-10,29H2,(H,30,34)(H,31,36). The van der Waals surface area contributed by atoms with E-state index in [0.29, 0.717) is 25.3 Å². The molecule has 4 amide bonds. The lowest BCUT2D eigenvalue weighted by Gasteiger charge is -2.43. The number of nitrogens with zero attached hydrogens (tertiary/aromatic N) is 2. The minimum atomic E-state index is -1.37. The molecule has 1 aliphatic heterocycles. The minimum absolute atomic E-state index is 0.0577. The van der Waals surface area contributed by atoms with Crippen molar-refractivity contribution >= 4 is 23.5 Å². The summed E-state index contributed by atoms with van der Waals surface area (Å²) in [5, 5.41) is 5.46. The van der Waals surface area contributed by atoms with Gasteiger partial charge in [-0.15, -0.1) is 0 Å². The molecule has 1 saturated heterocycles. The second-order valence-corrected chi connectivity index (χ2v) is 9.14. The summed E-state index contributed by atoms with van der Waals surface area (Å²) in [7, 11) is 0. The topological polar surface area (TPSA) is 108 Å². The Labute approximate surface area is 206 Å². The predicted molar refractivity (Wildman–Crippen MR) is 126 cm³/mol. The lowest BCUT2D eigenvalue weighted by molar-refractivity contribution is -0.133. The van der Waals surface area contributed by atoms with Crippen LogP contribution in [0.1, 0.15) is 42.5 Å². The summed E-state index contributed by atoms with van der Waals surface area (Å²) in [6, 6.07) is 6.83. The molecule has 192 valence electrons. The third kappa shape index (κ3) is 5.96. The van der Waals surface area contributed by atoms with Gasteiger partial charge in [0.1, 0.15) is 17.5 Å². The molecule has 4 rings (SSSR count). The zero-order valence-electron chi connectivity index (χ0n) is 19.6. The number of carbonyl (C=O) groups excluding carboxylic acids is 3. The van der Waals surface area contributed by atoms with E-state index < -0.39 is 41.5 Å². The molecule has 2 aromatic carbocycles. The molecule has 1 atom stereocenters. The fourth-order valence-corrected chi connectivity index (χ4v) is 4.68. The Balaban J connectivity index is 1.61. The van der Waals surface area contributed by atoms with E-state index in [0.717, 1.165) is 35.9 Å². The number of halogens is 3. The molecule has 36 heavy (non-hydrogen) atoms. The average Bonchev–Trinajstić information content (AvgIpc) is 2.84. The largest absolute Gasteiger partial charge is 0.350 e. The number of carbonyl (C=O) groups is 3. The molecule has 1 aliphatic carbocycles. The first kappa shape index (κ1) is 25.5. The van der Waals surface area contributed by atoms with E-state index in [1.54, 1.807) is 0 Å². The Kier molecular flexibility index (Phi) is 7.78. The zero-order valence-corrected chi connectivity index (χ0v) is 19.6. The van der Waals surface area contributed by atoms with E-state index in [1.807, 2.05) is 0 Å². The summed E-state index contributed by atoms with van der Waals surface area (Å²) in [6.45, 7) is 0.227. The summed E-state index contributed by atoms with van der Waals surface area (Å²) in [5.41, 5.74) is 5.85. The Morgan fingerprint density at radius 1 is 0.861 bits per heavy atom. The number of amides is 4. The SMILES string of the molecule is NC1CCC(NC(=O)C2N(C(=O)Nc3cccc(F)c3)CCCN2C(=O)c2cc(F)cc(F)c2)CC1. The van der Waals surface area contributed by atoms with Crippen LogP contribution in [-0.4, -0.2) is 59.0 Å². The number of hydrogen-bond acceptors (Lipinski definition) is 4. The highest BCUT2D eigenvalue weighted by Gasteiger charge is 2.41. The molecule has 2 fully saturated rings. The van der Waals surface area contributed by atoms with Crippen molar-refractivity contribution in [3.63, 3.8) is 0 Å². The Bertz CT molecular complexity index is 1120. The molecule has 0 aromatic heterocycles. The lowest BCUT2D eigenvalue weighted by Crippen LogP contribution is -2.65. The van der Waals surface area contributed by atoms with E-state index in [4.69, 9.17) is 5.73 Å². The second kappa shape index (κ2) is 11.0. The maximum atomic E-state index is 13.8. The lowest BCUT2D eigenvalue weighted by atomic mass is 9.91. The second-order valence-electron chi connectivity index (χ2n) is 9.14. The smallest absolute Gasteiger partial charge is 0.323 e. The van der Waals surface area contributed by atoms with Crippen LogP contribution >= 0.6 is 0 Å². The summed E-state index contributed by atoms with van der Waals surface area (Å²) in [4.78, 5) is 42.3. The molecule has 2 aliphatic rings. The van der Waals surface area contributed by atoms with E-state index in [9.17, 15) is 27.6 Å². The van der Waals surface area contributed by atoms with E-state index in [1.165, 1.54) is 23.1 Å². The molecule has 11 heteroatoms. The molecular formula is C25H28F3N5O3. The van der Waals surface area contributed by atoms with E-state index in [-0.39, 0.29) is 36.4 Å². The molecule has 1 unspecified atom stereocenters. The van der Waals surface area contributed by atoms with Crippen LogP contribution in [0.2, 0.25) is 0 Å². The number of rotatable bonds is 4. The van der Waals surface area contributed by atoms with Crippen LogP contribution in [0.4, 0.5) is 23.7 Å². The van der Waals surface area contributed by atoms with Gasteiger partial charge in [-0.25, -0.2) is 18.0 Å². The fourth-order valence-electron chi connectivity index (χ4n) is 4.68. The zero-order chi connectivity index (χ0) is 25.8. The minimum Gasteiger partial charge on any atom is -0.350 e. The van der Waals surface area contributed by atoms with Gasteiger partial charge < -0.3 is 21.3 Å². The van der Waals surface area contributed by atoms with Crippen LogP contribution in [0.15, 0.2) is 42.5 Å². The van der Waals surface area contributed by atoms with Gasteiger partial charge in [-0.2, -0.15) is 0 Å². The Morgan fingerprint density at radius 2 is 1.53 bits per heavy atom. The number of hydrogen-bond donors (Lipinski definition) is 3. The molecule has 0 bridgehead atoms. The number of nitrogens with two attached hydrogens (primary N) is 1. The van der Waals surface area contributed by atoms with Gasteiger partial charge in [0.05, 0.1) is 0 Å². The molecule has 8 nitrogen and oxygen atoms in total. The quantitative estimate of drug-likeness (QED) is 0.596. The first-order chi connectivity index (χ1) is 17.2. The van der Waals surface area contributed by atoms with Crippen LogP contribution in [0.25, 0.3) is 0 Å². The third-order valence-corrected chi connectivity index (χ3v) is 6.45. The van der Waals surface area contributed by atoms with Crippen molar-refractivity contribution in [3.8, 4) is 0 Å². The van der Waals surface area contributed by atoms with Gasteiger partial charge in [0, 0.05) is 42.5 Å². The van der Waals surface area contributed by atoms with Gasteiger partial charge >= 0.3 is 6.03 Å². The summed E-state index contributed by atoms with van der Waals surface area (Å²) in [5.74, 6) is -3.80. The van der Waals surface area contributed by atoms with Gasteiger partial charge in [-0.05, 0) is 62.4 Å². The number of nitrogens with one attached hydrogen (secondary N) is 2. The molecule has 0 spiro atoms. The third-order valence-electron chi connectivity index (χ3n) is 6.45. The molecule has 4 N–H and O–H groups in total. The molecule has 1 heterocycles. The van der Waals surface area contributed by atoms with Crippen molar-refractivity contribution in [2.24, 2.45) is 5.73 Å². The first-order valence-corrected chi connectivity index (χ1v) is 11.9. The first-order valence-electron chi connectivity index (χ1n) is 11.9. The monoisotopic (exact) mass is 503 g/mol. The maximum absolute atomic E-state index is 13.8. The summed E-state index contributed by atoms with van der Waals surface area (Å²) < 4.78 is 41.3. The van der Waals surface area contributed by atoms with Gasteiger partial charge in [0.15, 0.2) is 6.17 Å². The molecule has 0 radical (unpaired) electrons. The molecular weight excluding hydrogens is 475 g/mol. The number of benzene rings is 2. The molecule has 1 saturated carbocycles. The van der Waals surface area contributed by atoms with Crippen LogP contribution in [0, 0.1) is 17.5 Å². The van der Waals surface area contributed by atoms with Crippen LogP contribution < -0.4 is 16.4 Å². The maximum Gasteiger partial charge on any atom is 0.323 e. The van der Waals surface area contributed by atoms with Gasteiger partial charge in [-0.1, -0.05) is 6.07 Å². The predicted octanol–water partition coefficient (Wildman–Crippen LogP) is 3.20. The van der Waals surface area contributed by atoms with Crippen molar-refractivity contribution in [2.45, 2.75) is 50.4 Å². The van der Waals surface area contributed by atoms with E-state index >= 15 is 0 Å².